The van der Waals surface area contributed by atoms with E-state index in [2.05, 4.69) is 21.6 Å². The number of carbonyl (C=O) groups is 2. The molecule has 0 saturated heterocycles. The Kier molecular flexibility index (Phi) is 7.94. The third-order valence-electron chi connectivity index (χ3n) is 6.17. The lowest BCUT2D eigenvalue weighted by Gasteiger charge is -2.11. The molecule has 4 aromatic carbocycles. The largest absolute Gasteiger partial charge is 0.490 e. The van der Waals surface area contributed by atoms with Crippen LogP contribution in [0.4, 0.5) is 0 Å². The van der Waals surface area contributed by atoms with Crippen LogP contribution < -0.4 is 14.9 Å². The molecule has 5 aromatic rings. The minimum Gasteiger partial charge on any atom is -0.490 e. The maximum atomic E-state index is 13.2. The first-order chi connectivity index (χ1) is 19.4. The smallest absolute Gasteiger partial charge is 0.343 e. The summed E-state index contributed by atoms with van der Waals surface area (Å²) in [7, 11) is 0. The molecular weight excluding hydrogens is 526 g/mol. The molecule has 0 spiro atoms. The zero-order valence-electron chi connectivity index (χ0n) is 21.9. The van der Waals surface area contributed by atoms with Gasteiger partial charge in [-0.2, -0.15) is 5.10 Å². The minimum atomic E-state index is -0.533. The number of halogens is 1. The molecule has 40 heavy (non-hydrogen) atoms. The van der Waals surface area contributed by atoms with Gasteiger partial charge in [0, 0.05) is 21.5 Å². The summed E-state index contributed by atoms with van der Waals surface area (Å²) in [6.07, 6.45) is 1.50. The Morgan fingerprint density at radius 1 is 0.950 bits per heavy atom. The van der Waals surface area contributed by atoms with E-state index in [1.54, 1.807) is 42.5 Å². The van der Waals surface area contributed by atoms with Crippen molar-refractivity contribution in [3.8, 4) is 22.6 Å². The highest BCUT2D eigenvalue weighted by atomic mass is 35.5. The number of aryl methyl sites for hydroxylation is 1. The third kappa shape index (κ3) is 5.90. The molecule has 0 atom stereocenters. The summed E-state index contributed by atoms with van der Waals surface area (Å²) < 4.78 is 11.2. The number of hydrogen-bond donors (Lipinski definition) is 2. The first-order valence-corrected chi connectivity index (χ1v) is 13.1. The van der Waals surface area contributed by atoms with Crippen molar-refractivity contribution in [1.29, 1.82) is 0 Å². The van der Waals surface area contributed by atoms with Crippen LogP contribution >= 0.6 is 11.6 Å². The second kappa shape index (κ2) is 11.9. The molecular formula is C32H26ClN3O4. The van der Waals surface area contributed by atoms with Gasteiger partial charge in [0.05, 0.1) is 18.4 Å². The zero-order chi connectivity index (χ0) is 28.1. The van der Waals surface area contributed by atoms with Crippen LogP contribution in [0.15, 0.2) is 96.1 Å². The van der Waals surface area contributed by atoms with Crippen molar-refractivity contribution >= 4 is 40.6 Å². The maximum Gasteiger partial charge on any atom is 0.343 e. The van der Waals surface area contributed by atoms with Crippen molar-refractivity contribution in [2.45, 2.75) is 13.8 Å². The highest BCUT2D eigenvalue weighted by molar-refractivity contribution is 6.30. The van der Waals surface area contributed by atoms with Crippen molar-refractivity contribution in [2.24, 2.45) is 5.10 Å². The summed E-state index contributed by atoms with van der Waals surface area (Å²) in [5.74, 6) is -0.266. The molecule has 1 amide bonds. The van der Waals surface area contributed by atoms with Crippen molar-refractivity contribution in [1.82, 2.24) is 10.4 Å². The number of fused-ring (bicyclic) bond motifs is 1. The normalized spacial score (nSPS) is 11.1. The second-order valence-corrected chi connectivity index (χ2v) is 9.46. The predicted molar refractivity (Wildman–Crippen MR) is 158 cm³/mol. The average Bonchev–Trinajstić information content (AvgIpc) is 3.34. The number of esters is 1. The minimum absolute atomic E-state index is 0.267. The molecule has 1 aromatic heterocycles. The Morgan fingerprint density at radius 2 is 1.73 bits per heavy atom. The third-order valence-corrected chi connectivity index (χ3v) is 6.43. The van der Waals surface area contributed by atoms with Crippen molar-refractivity contribution in [3.05, 3.63) is 118 Å². The lowest BCUT2D eigenvalue weighted by molar-refractivity contribution is 0.0728. The van der Waals surface area contributed by atoms with Gasteiger partial charge in [-0.25, -0.2) is 10.2 Å². The van der Waals surface area contributed by atoms with E-state index in [-0.39, 0.29) is 11.7 Å². The number of amides is 1. The fourth-order valence-electron chi connectivity index (χ4n) is 4.30. The molecule has 2 N–H and O–H groups in total. The Balaban J connectivity index is 1.35. The van der Waals surface area contributed by atoms with Gasteiger partial charge < -0.3 is 14.5 Å². The van der Waals surface area contributed by atoms with Gasteiger partial charge in [-0.3, -0.25) is 4.79 Å². The number of rotatable bonds is 8. The van der Waals surface area contributed by atoms with Gasteiger partial charge in [0.25, 0.3) is 5.91 Å². The van der Waals surface area contributed by atoms with Gasteiger partial charge in [-0.1, -0.05) is 53.6 Å². The SMILES string of the molecule is CCOc1cc(C=NNC(=O)c2[nH]c3ccc(C)cc3c2-c2ccccc2)ccc1OC(=O)c1ccc(Cl)cc1. The summed E-state index contributed by atoms with van der Waals surface area (Å²) >= 11 is 5.90. The van der Waals surface area contributed by atoms with Crippen LogP contribution in [0.3, 0.4) is 0 Å². The Labute approximate surface area is 236 Å². The Bertz CT molecular complexity index is 1710. The number of aromatic nitrogens is 1. The van der Waals surface area contributed by atoms with Gasteiger partial charge in [-0.05, 0) is 79.6 Å². The topological polar surface area (TPSA) is 92.8 Å². The second-order valence-electron chi connectivity index (χ2n) is 9.02. The maximum absolute atomic E-state index is 13.2. The molecule has 0 aliphatic rings. The zero-order valence-corrected chi connectivity index (χ0v) is 22.7. The summed E-state index contributed by atoms with van der Waals surface area (Å²) in [5, 5.41) is 5.66. The molecule has 0 aliphatic carbocycles. The van der Waals surface area contributed by atoms with E-state index in [9.17, 15) is 9.59 Å². The molecule has 7 nitrogen and oxygen atoms in total. The van der Waals surface area contributed by atoms with Gasteiger partial charge in [-0.15, -0.1) is 0 Å². The summed E-state index contributed by atoms with van der Waals surface area (Å²) in [4.78, 5) is 29.0. The molecule has 0 bridgehead atoms. The van der Waals surface area contributed by atoms with Gasteiger partial charge >= 0.3 is 5.97 Å². The lowest BCUT2D eigenvalue weighted by atomic mass is 10.0. The van der Waals surface area contributed by atoms with E-state index in [1.807, 2.05) is 56.3 Å². The van der Waals surface area contributed by atoms with Crippen molar-refractivity contribution < 1.29 is 19.1 Å². The monoisotopic (exact) mass is 551 g/mol. The highest BCUT2D eigenvalue weighted by Crippen LogP contribution is 2.33. The summed E-state index contributed by atoms with van der Waals surface area (Å²) in [6.45, 7) is 4.22. The number of carbonyl (C=O) groups excluding carboxylic acids is 2. The fraction of sp³-hybridized carbons (Fsp3) is 0.0938. The van der Waals surface area contributed by atoms with E-state index in [0.717, 1.165) is 27.6 Å². The van der Waals surface area contributed by atoms with Crippen molar-refractivity contribution in [3.63, 3.8) is 0 Å². The molecule has 0 aliphatic heterocycles. The summed E-state index contributed by atoms with van der Waals surface area (Å²) in [6, 6.07) is 27.2. The lowest BCUT2D eigenvalue weighted by Crippen LogP contribution is -2.18. The van der Waals surface area contributed by atoms with Crippen LogP contribution in [0.2, 0.25) is 5.02 Å². The van der Waals surface area contributed by atoms with Crippen LogP contribution in [0, 0.1) is 6.92 Å². The molecule has 0 saturated carbocycles. The van der Waals surface area contributed by atoms with Gasteiger partial charge in [0.1, 0.15) is 5.69 Å². The number of hydrazone groups is 1. The summed E-state index contributed by atoms with van der Waals surface area (Å²) in [5.41, 5.74) is 7.76. The molecule has 0 fully saturated rings. The molecule has 200 valence electrons. The highest BCUT2D eigenvalue weighted by Gasteiger charge is 2.19. The number of benzene rings is 4. The van der Waals surface area contributed by atoms with Crippen LogP contribution in [0.25, 0.3) is 22.0 Å². The molecule has 0 unspecified atom stereocenters. The molecule has 0 radical (unpaired) electrons. The first kappa shape index (κ1) is 26.7. The molecule has 8 heteroatoms. The quantitative estimate of drug-likeness (QED) is 0.0924. The number of ether oxygens (including phenoxy) is 2. The van der Waals surface area contributed by atoms with E-state index < -0.39 is 5.97 Å². The van der Waals surface area contributed by atoms with Crippen LogP contribution in [-0.2, 0) is 0 Å². The predicted octanol–water partition coefficient (Wildman–Crippen LogP) is 7.18. The Hall–Kier alpha value is -4.88. The average molecular weight is 552 g/mol. The Morgan fingerprint density at radius 3 is 2.48 bits per heavy atom. The molecule has 5 rings (SSSR count). The van der Waals surface area contributed by atoms with Crippen LogP contribution in [0.5, 0.6) is 11.5 Å². The fourth-order valence-corrected chi connectivity index (χ4v) is 4.43. The van der Waals surface area contributed by atoms with E-state index >= 15 is 0 Å². The first-order valence-electron chi connectivity index (χ1n) is 12.7. The van der Waals surface area contributed by atoms with Crippen LogP contribution in [-0.4, -0.2) is 29.7 Å². The van der Waals surface area contributed by atoms with Crippen molar-refractivity contribution in [2.75, 3.05) is 6.61 Å². The number of nitrogens with zero attached hydrogens (tertiary/aromatic N) is 1. The van der Waals surface area contributed by atoms with Gasteiger partial charge in [0.2, 0.25) is 0 Å². The van der Waals surface area contributed by atoms with E-state index in [0.29, 0.717) is 34.2 Å². The van der Waals surface area contributed by atoms with E-state index in [4.69, 9.17) is 21.1 Å². The number of nitrogens with one attached hydrogen (secondary N) is 2. The van der Waals surface area contributed by atoms with Gasteiger partial charge in [0.15, 0.2) is 11.5 Å². The van der Waals surface area contributed by atoms with Crippen LogP contribution in [0.1, 0.15) is 38.9 Å². The number of aromatic amines is 1. The van der Waals surface area contributed by atoms with E-state index in [1.165, 1.54) is 6.21 Å². The number of H-pyrrole nitrogens is 1. The standard InChI is InChI=1S/C32H26ClN3O4/c1-3-39-28-18-21(10-16-27(28)40-32(38)23-11-13-24(33)14-12-23)19-34-36-31(37)30-29(22-7-5-4-6-8-22)25-17-20(2)9-15-26(25)35-30/h4-19,35H,3H2,1-2H3,(H,36,37). The molecule has 1 heterocycles. The number of hydrogen-bond acceptors (Lipinski definition) is 5.